The predicted molar refractivity (Wildman–Crippen MR) is 325 cm³/mol. The van der Waals surface area contributed by atoms with Crippen molar-refractivity contribution in [3.05, 3.63) is 266 Å². The van der Waals surface area contributed by atoms with Crippen molar-refractivity contribution in [3.8, 4) is 0 Å². The number of nitrogens with zero attached hydrogens (tertiary/aromatic N) is 4. The van der Waals surface area contributed by atoms with E-state index in [0.717, 1.165) is 45.5 Å². The molecule has 8 heteroatoms. The number of hydrogen-bond donors (Lipinski definition) is 0. The fourth-order valence-electron chi connectivity index (χ4n) is 12.3. The molecular formula is C68H48B2N4S2. The van der Waals surface area contributed by atoms with Crippen LogP contribution in [0.25, 0.3) is 0 Å². The largest absolute Gasteiger partial charge is 0.311 e. The van der Waals surface area contributed by atoms with Crippen molar-refractivity contribution in [1.29, 1.82) is 0 Å². The molecule has 0 fully saturated rings. The molecule has 4 nitrogen and oxygen atoms in total. The molecule has 0 saturated carbocycles. The molecule has 0 saturated heterocycles. The van der Waals surface area contributed by atoms with Crippen LogP contribution in [-0.2, 0) is 0 Å². The monoisotopic (exact) mass is 1010 g/mol. The minimum Gasteiger partial charge on any atom is -0.311 e. The van der Waals surface area contributed by atoms with Crippen LogP contribution in [0.1, 0.15) is 11.1 Å². The highest BCUT2D eigenvalue weighted by atomic mass is 32.2. The first-order valence-electron chi connectivity index (χ1n) is 26.1. The van der Waals surface area contributed by atoms with E-state index in [-0.39, 0.29) is 13.4 Å². The van der Waals surface area contributed by atoms with Crippen LogP contribution in [0.5, 0.6) is 0 Å². The summed E-state index contributed by atoms with van der Waals surface area (Å²) in [6.07, 6.45) is 0. The molecule has 0 atom stereocenters. The number of para-hydroxylation sites is 6. The second-order valence-electron chi connectivity index (χ2n) is 20.2. The van der Waals surface area contributed by atoms with Crippen LogP contribution in [0, 0.1) is 13.8 Å². The minimum atomic E-state index is -0.0211. The van der Waals surface area contributed by atoms with Crippen molar-refractivity contribution in [2.24, 2.45) is 0 Å². The molecule has 0 bridgehead atoms. The molecule has 4 aliphatic rings. The van der Waals surface area contributed by atoms with Gasteiger partial charge in [-0.05, 0) is 151 Å². The quantitative estimate of drug-likeness (QED) is 0.140. The van der Waals surface area contributed by atoms with Crippen molar-refractivity contribution in [1.82, 2.24) is 0 Å². The van der Waals surface area contributed by atoms with Crippen LogP contribution < -0.4 is 52.4 Å². The van der Waals surface area contributed by atoms with Crippen molar-refractivity contribution in [3.63, 3.8) is 0 Å². The molecule has 15 rings (SSSR count). The molecule has 4 aliphatic heterocycles. The summed E-state index contributed by atoms with van der Waals surface area (Å²) >= 11 is 3.83. The topological polar surface area (TPSA) is 13.0 Å². The van der Waals surface area contributed by atoms with Crippen LogP contribution >= 0.6 is 23.5 Å². The number of hydrogen-bond acceptors (Lipinski definition) is 6. The lowest BCUT2D eigenvalue weighted by molar-refractivity contribution is 1.21. The first-order chi connectivity index (χ1) is 37.5. The molecule has 0 aromatic heterocycles. The number of fused-ring (bicyclic) bond motifs is 8. The smallest absolute Gasteiger partial charge is 0.249 e. The summed E-state index contributed by atoms with van der Waals surface area (Å²) in [6.45, 7) is 4.41. The van der Waals surface area contributed by atoms with E-state index in [1.165, 1.54) is 86.2 Å². The Morgan fingerprint density at radius 1 is 0.289 bits per heavy atom. The van der Waals surface area contributed by atoms with Gasteiger partial charge in [-0.25, -0.2) is 0 Å². The van der Waals surface area contributed by atoms with Crippen LogP contribution in [-0.4, -0.2) is 13.4 Å². The van der Waals surface area contributed by atoms with Crippen LogP contribution in [0.2, 0.25) is 0 Å². The molecule has 0 unspecified atom stereocenters. The Bertz CT molecular complexity index is 3710. The number of rotatable bonds is 8. The van der Waals surface area contributed by atoms with Gasteiger partial charge in [0.15, 0.2) is 0 Å². The lowest BCUT2D eigenvalue weighted by Gasteiger charge is -2.45. The summed E-state index contributed by atoms with van der Waals surface area (Å²) < 4.78 is 0. The van der Waals surface area contributed by atoms with E-state index in [9.17, 15) is 0 Å². The van der Waals surface area contributed by atoms with E-state index < -0.39 is 0 Å². The lowest BCUT2D eigenvalue weighted by atomic mass is 9.31. The third kappa shape index (κ3) is 7.26. The molecule has 358 valence electrons. The maximum Gasteiger partial charge on any atom is 0.249 e. The van der Waals surface area contributed by atoms with Gasteiger partial charge in [-0.15, -0.1) is 0 Å². The zero-order valence-corrected chi connectivity index (χ0v) is 43.6. The molecule has 11 aromatic carbocycles. The molecule has 11 aromatic rings. The first kappa shape index (κ1) is 44.9. The molecule has 0 N–H and O–H groups in total. The number of aryl methyl sites for hydroxylation is 2. The summed E-state index contributed by atoms with van der Waals surface area (Å²) in [5.41, 5.74) is 24.2. The van der Waals surface area contributed by atoms with Crippen LogP contribution in [0.3, 0.4) is 0 Å². The maximum absolute atomic E-state index is 2.63. The van der Waals surface area contributed by atoms with Crippen molar-refractivity contribution < 1.29 is 0 Å². The zero-order valence-electron chi connectivity index (χ0n) is 42.0. The van der Waals surface area contributed by atoms with Crippen molar-refractivity contribution >= 4 is 138 Å². The van der Waals surface area contributed by atoms with E-state index in [4.69, 9.17) is 0 Å². The van der Waals surface area contributed by atoms with Gasteiger partial charge in [0.05, 0.1) is 0 Å². The van der Waals surface area contributed by atoms with Crippen molar-refractivity contribution in [2.75, 3.05) is 19.6 Å². The molecule has 0 aliphatic carbocycles. The van der Waals surface area contributed by atoms with E-state index in [2.05, 4.69) is 288 Å². The third-order valence-corrected chi connectivity index (χ3v) is 17.8. The van der Waals surface area contributed by atoms with E-state index in [1.54, 1.807) is 0 Å². The second-order valence-corrected chi connectivity index (χ2v) is 22.4. The Balaban J connectivity index is 1.04. The van der Waals surface area contributed by atoms with Gasteiger partial charge in [0, 0.05) is 87.8 Å². The predicted octanol–water partition coefficient (Wildman–Crippen LogP) is 14.8. The van der Waals surface area contributed by atoms with E-state index in [1.807, 2.05) is 23.5 Å². The zero-order chi connectivity index (χ0) is 50.4. The fraction of sp³-hybridized carbons (Fsp3) is 0.0294. The van der Waals surface area contributed by atoms with E-state index in [0.29, 0.717) is 0 Å². The normalized spacial score (nSPS) is 13.2. The number of benzene rings is 11. The molecule has 4 heterocycles. The minimum absolute atomic E-state index is 0.0211. The Morgan fingerprint density at radius 2 is 0.632 bits per heavy atom. The summed E-state index contributed by atoms with van der Waals surface area (Å²) in [6, 6.07) is 94.7. The highest BCUT2D eigenvalue weighted by molar-refractivity contribution is 8.00. The standard InChI is InChI=1S/C68H48B2N4S2/c1-45-33-35-55-63(37-45)75-65-41-53(71(47-21-9-3-10-22-47)48-23-11-4-12-24-48)39-61-67(65)69(55)57-43-58-60(44-59(57)73(61)51-29-17-7-18-30-51)74(52-31-19-8-20-32-52)62-40-54(72(49-25-13-5-14-26-49)50-27-15-6-16-28-50)42-66-68(62)70(58)56-36-34-46(2)38-64(56)76-66/h3-44H,1-2H3. The third-order valence-electron chi connectivity index (χ3n) is 15.6. The molecule has 0 radical (unpaired) electrons. The van der Waals surface area contributed by atoms with Gasteiger partial charge in [0.1, 0.15) is 0 Å². The van der Waals surface area contributed by atoms with Gasteiger partial charge in [0.2, 0.25) is 13.4 Å². The Labute approximate surface area is 454 Å². The lowest BCUT2D eigenvalue weighted by Crippen LogP contribution is -2.64. The fourth-order valence-corrected chi connectivity index (χ4v) is 14.9. The molecular weight excluding hydrogens is 959 g/mol. The Kier molecular flexibility index (Phi) is 10.7. The Hall–Kier alpha value is -8.55. The average molecular weight is 1010 g/mol. The van der Waals surface area contributed by atoms with Gasteiger partial charge < -0.3 is 19.6 Å². The summed E-state index contributed by atoms with van der Waals surface area (Å²) in [5.74, 6) is 0. The van der Waals surface area contributed by atoms with Gasteiger partial charge >= 0.3 is 0 Å². The summed E-state index contributed by atoms with van der Waals surface area (Å²) in [7, 11) is 0. The molecule has 0 spiro atoms. The molecule has 76 heavy (non-hydrogen) atoms. The van der Waals surface area contributed by atoms with Crippen LogP contribution in [0.4, 0.5) is 68.2 Å². The highest BCUT2D eigenvalue weighted by Crippen LogP contribution is 2.50. The van der Waals surface area contributed by atoms with E-state index >= 15 is 0 Å². The number of anilines is 12. The van der Waals surface area contributed by atoms with Gasteiger partial charge in [-0.1, -0.05) is 185 Å². The van der Waals surface area contributed by atoms with Gasteiger partial charge in [-0.3, -0.25) is 0 Å². The van der Waals surface area contributed by atoms with Gasteiger partial charge in [0.25, 0.3) is 0 Å². The average Bonchev–Trinajstić information content (AvgIpc) is 3.48. The summed E-state index contributed by atoms with van der Waals surface area (Å²) in [5, 5.41) is 0. The molecule has 0 amide bonds. The maximum atomic E-state index is 2.63. The Morgan fingerprint density at radius 3 is 0.987 bits per heavy atom. The van der Waals surface area contributed by atoms with Gasteiger partial charge in [-0.2, -0.15) is 0 Å². The van der Waals surface area contributed by atoms with Crippen molar-refractivity contribution in [2.45, 2.75) is 33.4 Å². The first-order valence-corrected chi connectivity index (χ1v) is 27.8. The second kappa shape index (κ2) is 18.1. The van der Waals surface area contributed by atoms with Crippen LogP contribution in [0.15, 0.2) is 274 Å². The SMILES string of the molecule is Cc1ccc2c(c1)Sc1cc(N(c3ccccc3)c3ccccc3)cc3c1B2c1cc2c(cc1N3c1ccccc1)N(c1ccccc1)c1cc(N(c3ccccc3)c3ccccc3)cc3c1B2c1ccc(C)cc1S3. The highest BCUT2D eigenvalue weighted by Gasteiger charge is 2.47. The summed E-state index contributed by atoms with van der Waals surface area (Å²) in [4.78, 5) is 15.2.